The van der Waals surface area contributed by atoms with Crippen LogP contribution in [0.1, 0.15) is 53.9 Å². The molecular formula is C15H30N2O2. The Balaban J connectivity index is 2.66. The molecule has 1 heterocycles. The summed E-state index contributed by atoms with van der Waals surface area (Å²) in [5, 5.41) is 3.37. The van der Waals surface area contributed by atoms with Crippen LogP contribution in [0.15, 0.2) is 0 Å². The van der Waals surface area contributed by atoms with E-state index in [1.165, 1.54) is 0 Å². The van der Waals surface area contributed by atoms with E-state index < -0.39 is 5.60 Å². The molecule has 1 N–H and O–H groups in total. The summed E-state index contributed by atoms with van der Waals surface area (Å²) >= 11 is 0. The van der Waals surface area contributed by atoms with Crippen LogP contribution in [0.2, 0.25) is 0 Å². The summed E-state index contributed by atoms with van der Waals surface area (Å²) in [6.07, 6.45) is 3.09. The highest BCUT2D eigenvalue weighted by Crippen LogP contribution is 2.23. The van der Waals surface area contributed by atoms with Crippen LogP contribution in [0.3, 0.4) is 0 Å². The molecule has 0 bridgehead atoms. The summed E-state index contributed by atoms with van der Waals surface area (Å²) in [6, 6.07) is 0.261. The lowest BCUT2D eigenvalue weighted by Gasteiger charge is -2.37. The first-order chi connectivity index (χ1) is 8.85. The van der Waals surface area contributed by atoms with Gasteiger partial charge in [-0.1, -0.05) is 6.92 Å². The average molecular weight is 270 g/mol. The number of amides is 1. The number of piperidine rings is 1. The maximum absolute atomic E-state index is 12.3. The Morgan fingerprint density at radius 3 is 2.42 bits per heavy atom. The van der Waals surface area contributed by atoms with Crippen molar-refractivity contribution in [1.82, 2.24) is 10.2 Å². The molecule has 1 atom stereocenters. The van der Waals surface area contributed by atoms with Gasteiger partial charge in [-0.2, -0.15) is 0 Å². The Morgan fingerprint density at radius 2 is 1.95 bits per heavy atom. The lowest BCUT2D eigenvalue weighted by Crippen LogP contribution is -2.47. The second-order valence-corrected chi connectivity index (χ2v) is 6.50. The van der Waals surface area contributed by atoms with Crippen molar-refractivity contribution in [2.24, 2.45) is 5.92 Å². The van der Waals surface area contributed by atoms with Crippen LogP contribution in [0.4, 0.5) is 4.79 Å². The maximum Gasteiger partial charge on any atom is 0.410 e. The van der Waals surface area contributed by atoms with Gasteiger partial charge in [0.1, 0.15) is 5.60 Å². The van der Waals surface area contributed by atoms with Gasteiger partial charge in [-0.05, 0) is 66.0 Å². The molecule has 19 heavy (non-hydrogen) atoms. The van der Waals surface area contributed by atoms with Crippen LogP contribution in [-0.4, -0.2) is 42.3 Å². The molecule has 1 aliphatic rings. The third kappa shape index (κ3) is 5.39. The predicted octanol–water partition coefficient (Wildman–Crippen LogP) is 3.02. The SMILES string of the molecule is CCCN(C(=O)OC(C)(C)C)C(C)C1CCNCC1. The minimum atomic E-state index is -0.420. The number of carbonyl (C=O) groups is 1. The van der Waals surface area contributed by atoms with E-state index in [0.29, 0.717) is 5.92 Å². The number of rotatable bonds is 4. The van der Waals surface area contributed by atoms with E-state index in [9.17, 15) is 4.79 Å². The van der Waals surface area contributed by atoms with Gasteiger partial charge in [0.25, 0.3) is 0 Å². The molecule has 1 saturated heterocycles. The summed E-state index contributed by atoms with van der Waals surface area (Å²) in [5.41, 5.74) is -0.420. The highest BCUT2D eigenvalue weighted by molar-refractivity contribution is 5.68. The molecule has 1 rings (SSSR count). The minimum Gasteiger partial charge on any atom is -0.444 e. The molecule has 0 spiro atoms. The molecule has 0 aromatic rings. The van der Waals surface area contributed by atoms with Crippen molar-refractivity contribution in [2.75, 3.05) is 19.6 Å². The molecule has 1 amide bonds. The zero-order valence-electron chi connectivity index (χ0n) is 13.2. The van der Waals surface area contributed by atoms with E-state index in [4.69, 9.17) is 4.74 Å². The number of ether oxygens (including phenoxy) is 1. The molecule has 1 fully saturated rings. The van der Waals surface area contributed by atoms with Gasteiger partial charge < -0.3 is 15.0 Å². The lowest BCUT2D eigenvalue weighted by molar-refractivity contribution is 0.00973. The van der Waals surface area contributed by atoms with E-state index >= 15 is 0 Å². The van der Waals surface area contributed by atoms with Crippen LogP contribution in [0.5, 0.6) is 0 Å². The lowest BCUT2D eigenvalue weighted by atomic mass is 9.90. The van der Waals surface area contributed by atoms with Crippen molar-refractivity contribution in [3.63, 3.8) is 0 Å². The Kier molecular flexibility index (Phi) is 6.11. The molecule has 112 valence electrons. The van der Waals surface area contributed by atoms with Gasteiger partial charge in [0.15, 0.2) is 0 Å². The summed E-state index contributed by atoms with van der Waals surface area (Å²) in [7, 11) is 0. The topological polar surface area (TPSA) is 41.6 Å². The number of nitrogens with zero attached hydrogens (tertiary/aromatic N) is 1. The number of hydrogen-bond donors (Lipinski definition) is 1. The van der Waals surface area contributed by atoms with Crippen molar-refractivity contribution < 1.29 is 9.53 Å². The fraction of sp³-hybridized carbons (Fsp3) is 0.933. The molecule has 0 aromatic heterocycles. The van der Waals surface area contributed by atoms with Gasteiger partial charge >= 0.3 is 6.09 Å². The summed E-state index contributed by atoms with van der Waals surface area (Å²) in [5.74, 6) is 0.584. The normalized spacial score (nSPS) is 19.0. The predicted molar refractivity (Wildman–Crippen MR) is 78.3 cm³/mol. The number of carbonyl (C=O) groups excluding carboxylic acids is 1. The van der Waals surface area contributed by atoms with Crippen molar-refractivity contribution >= 4 is 6.09 Å². The van der Waals surface area contributed by atoms with Crippen LogP contribution in [-0.2, 0) is 4.74 Å². The van der Waals surface area contributed by atoms with Crippen LogP contribution < -0.4 is 5.32 Å². The van der Waals surface area contributed by atoms with Crippen molar-refractivity contribution in [2.45, 2.75) is 65.5 Å². The summed E-state index contributed by atoms with van der Waals surface area (Å²) < 4.78 is 5.54. The van der Waals surface area contributed by atoms with Crippen LogP contribution in [0.25, 0.3) is 0 Å². The third-order valence-corrected chi connectivity index (χ3v) is 3.65. The summed E-state index contributed by atoms with van der Waals surface area (Å²) in [6.45, 7) is 12.9. The smallest absolute Gasteiger partial charge is 0.410 e. The monoisotopic (exact) mass is 270 g/mol. The molecular weight excluding hydrogens is 240 g/mol. The van der Waals surface area contributed by atoms with Crippen molar-refractivity contribution in [3.8, 4) is 0 Å². The fourth-order valence-corrected chi connectivity index (χ4v) is 2.60. The Bertz CT molecular complexity index is 280. The number of nitrogens with one attached hydrogen (secondary N) is 1. The van der Waals surface area contributed by atoms with Gasteiger partial charge in [0.05, 0.1) is 0 Å². The average Bonchev–Trinajstić information content (AvgIpc) is 2.34. The highest BCUT2D eigenvalue weighted by atomic mass is 16.6. The van der Waals surface area contributed by atoms with E-state index in [2.05, 4.69) is 19.2 Å². The standard InChI is InChI=1S/C15H30N2O2/c1-6-11-17(14(18)19-15(3,4)5)12(2)13-7-9-16-10-8-13/h12-13,16H,6-11H2,1-5H3. The van der Waals surface area contributed by atoms with Crippen LogP contribution >= 0.6 is 0 Å². The van der Waals surface area contributed by atoms with E-state index in [1.807, 2.05) is 25.7 Å². The molecule has 0 aromatic carbocycles. The second kappa shape index (κ2) is 7.13. The first kappa shape index (κ1) is 16.3. The van der Waals surface area contributed by atoms with Crippen molar-refractivity contribution in [1.29, 1.82) is 0 Å². The Labute approximate surface area is 117 Å². The molecule has 0 saturated carbocycles. The molecule has 1 aliphatic heterocycles. The molecule has 1 unspecified atom stereocenters. The third-order valence-electron chi connectivity index (χ3n) is 3.65. The first-order valence-corrected chi connectivity index (χ1v) is 7.55. The molecule has 0 radical (unpaired) electrons. The minimum absolute atomic E-state index is 0.166. The molecule has 0 aliphatic carbocycles. The van der Waals surface area contributed by atoms with Crippen LogP contribution in [0, 0.1) is 5.92 Å². The highest BCUT2D eigenvalue weighted by Gasteiger charge is 2.30. The zero-order valence-corrected chi connectivity index (χ0v) is 13.2. The van der Waals surface area contributed by atoms with Gasteiger partial charge in [-0.25, -0.2) is 4.79 Å². The van der Waals surface area contributed by atoms with E-state index in [0.717, 1.165) is 38.9 Å². The van der Waals surface area contributed by atoms with Gasteiger partial charge in [0.2, 0.25) is 0 Å². The van der Waals surface area contributed by atoms with Gasteiger partial charge in [-0.15, -0.1) is 0 Å². The first-order valence-electron chi connectivity index (χ1n) is 7.55. The van der Waals surface area contributed by atoms with Gasteiger partial charge in [0, 0.05) is 12.6 Å². The molecule has 4 heteroatoms. The Morgan fingerprint density at radius 1 is 1.37 bits per heavy atom. The maximum atomic E-state index is 12.3. The number of hydrogen-bond acceptors (Lipinski definition) is 3. The second-order valence-electron chi connectivity index (χ2n) is 6.50. The Hall–Kier alpha value is -0.770. The van der Waals surface area contributed by atoms with Gasteiger partial charge in [-0.3, -0.25) is 0 Å². The van der Waals surface area contributed by atoms with E-state index in [1.54, 1.807) is 0 Å². The summed E-state index contributed by atoms with van der Waals surface area (Å²) in [4.78, 5) is 14.2. The largest absolute Gasteiger partial charge is 0.444 e. The van der Waals surface area contributed by atoms with Crippen molar-refractivity contribution in [3.05, 3.63) is 0 Å². The quantitative estimate of drug-likeness (QED) is 0.854. The molecule has 4 nitrogen and oxygen atoms in total. The zero-order chi connectivity index (χ0) is 14.5. The van der Waals surface area contributed by atoms with E-state index in [-0.39, 0.29) is 12.1 Å². The fourth-order valence-electron chi connectivity index (χ4n) is 2.60.